The zero-order valence-electron chi connectivity index (χ0n) is 19.4. The molecule has 1 aromatic heterocycles. The third-order valence-electron chi connectivity index (χ3n) is 7.00. The third kappa shape index (κ3) is 4.78. The van der Waals surface area contributed by atoms with Crippen molar-refractivity contribution in [2.45, 2.75) is 43.4 Å². The van der Waals surface area contributed by atoms with E-state index in [9.17, 15) is 19.5 Å². The van der Waals surface area contributed by atoms with Crippen LogP contribution >= 0.6 is 11.8 Å². The number of amides is 1. The molecule has 6 nitrogen and oxygen atoms in total. The van der Waals surface area contributed by atoms with Gasteiger partial charge in [0.05, 0.1) is 23.1 Å². The van der Waals surface area contributed by atoms with E-state index in [4.69, 9.17) is 0 Å². The predicted octanol–water partition coefficient (Wildman–Crippen LogP) is 5.56. The van der Waals surface area contributed by atoms with Crippen molar-refractivity contribution in [2.24, 2.45) is 11.8 Å². The van der Waals surface area contributed by atoms with Gasteiger partial charge in [0.15, 0.2) is 0 Å². The summed E-state index contributed by atoms with van der Waals surface area (Å²) in [7, 11) is 0. The Labute approximate surface area is 208 Å². The molecule has 2 aliphatic rings. The number of carboxylic acid groups (broad SMARTS) is 1. The smallest absolute Gasteiger partial charge is 0.307 e. The number of benzene rings is 2. The molecule has 0 radical (unpaired) electrons. The Morgan fingerprint density at radius 3 is 2.43 bits per heavy atom. The number of fused-ring (bicyclic) bond motifs is 3. The van der Waals surface area contributed by atoms with Gasteiger partial charge in [0, 0.05) is 21.7 Å². The second kappa shape index (κ2) is 10.1. The first-order valence-corrected chi connectivity index (χ1v) is 13.1. The molecule has 0 aliphatic heterocycles. The van der Waals surface area contributed by atoms with Crippen molar-refractivity contribution in [3.63, 3.8) is 0 Å². The summed E-state index contributed by atoms with van der Waals surface area (Å²) in [5.74, 6) is -2.09. The second-order valence-electron chi connectivity index (χ2n) is 9.17. The zero-order valence-corrected chi connectivity index (χ0v) is 20.2. The highest BCUT2D eigenvalue weighted by Crippen LogP contribution is 2.33. The number of aromatic nitrogens is 1. The van der Waals surface area contributed by atoms with Crippen molar-refractivity contribution in [2.75, 3.05) is 11.1 Å². The fourth-order valence-electron chi connectivity index (χ4n) is 5.24. The first-order valence-electron chi connectivity index (χ1n) is 12.1. The minimum Gasteiger partial charge on any atom is -0.481 e. The Morgan fingerprint density at radius 1 is 0.943 bits per heavy atom. The lowest BCUT2D eigenvalue weighted by molar-refractivity contribution is -0.146. The van der Waals surface area contributed by atoms with Crippen LogP contribution in [0.3, 0.4) is 0 Å². The van der Waals surface area contributed by atoms with E-state index in [0.717, 1.165) is 29.7 Å². The largest absolute Gasteiger partial charge is 0.481 e. The maximum atomic E-state index is 13.3. The summed E-state index contributed by atoms with van der Waals surface area (Å²) < 4.78 is 1.92. The molecule has 0 saturated carbocycles. The van der Waals surface area contributed by atoms with Crippen molar-refractivity contribution in [3.8, 4) is 0 Å². The number of para-hydroxylation sites is 1. The standard InChI is InChI=1S/C28H28N2O4S/c31-26(30-24-11-5-3-7-20(24)21-8-4-6-12-25(21)30)17-35-19-15-13-18(14-16-19)29-27(32)22-9-1-2-10-23(22)28(33)34/h1-3,5,7,11,13-16,22-23H,4,6,8-10,12,17H2,(H,29,32)(H,33,34). The molecule has 3 aromatic rings. The number of anilines is 1. The summed E-state index contributed by atoms with van der Waals surface area (Å²) in [5, 5.41) is 13.5. The van der Waals surface area contributed by atoms with Crippen LogP contribution in [0.25, 0.3) is 10.9 Å². The minimum atomic E-state index is -0.942. The molecule has 180 valence electrons. The molecule has 1 amide bonds. The Bertz CT molecular complexity index is 1310. The van der Waals surface area contributed by atoms with Gasteiger partial charge in [-0.05, 0) is 74.4 Å². The Kier molecular flexibility index (Phi) is 6.77. The van der Waals surface area contributed by atoms with Gasteiger partial charge in [0.1, 0.15) is 0 Å². The van der Waals surface area contributed by atoms with Gasteiger partial charge in [-0.25, -0.2) is 0 Å². The Balaban J connectivity index is 1.24. The molecular formula is C28H28N2O4S. The van der Waals surface area contributed by atoms with E-state index in [1.165, 1.54) is 34.8 Å². The Hall–Kier alpha value is -3.32. The number of thioether (sulfide) groups is 1. The summed E-state index contributed by atoms with van der Waals surface area (Å²) in [5.41, 5.74) is 4.11. The van der Waals surface area contributed by atoms with Crippen molar-refractivity contribution >= 4 is 46.1 Å². The monoisotopic (exact) mass is 488 g/mol. The average molecular weight is 489 g/mol. The van der Waals surface area contributed by atoms with Crippen molar-refractivity contribution in [1.29, 1.82) is 0 Å². The molecule has 2 aliphatic carbocycles. The number of carboxylic acids is 1. The topological polar surface area (TPSA) is 88.4 Å². The predicted molar refractivity (Wildman–Crippen MR) is 138 cm³/mol. The minimum absolute atomic E-state index is 0.0804. The van der Waals surface area contributed by atoms with E-state index in [1.54, 1.807) is 12.1 Å². The second-order valence-corrected chi connectivity index (χ2v) is 10.2. The number of nitrogens with zero attached hydrogens (tertiary/aromatic N) is 1. The number of carbonyl (C=O) groups excluding carboxylic acids is 2. The summed E-state index contributed by atoms with van der Waals surface area (Å²) >= 11 is 1.48. The molecule has 35 heavy (non-hydrogen) atoms. The van der Waals surface area contributed by atoms with Crippen molar-refractivity contribution in [1.82, 2.24) is 4.57 Å². The highest BCUT2D eigenvalue weighted by atomic mass is 32.2. The van der Waals surface area contributed by atoms with Gasteiger partial charge in [0.2, 0.25) is 11.8 Å². The summed E-state index contributed by atoms with van der Waals surface area (Å²) in [4.78, 5) is 38.4. The van der Waals surface area contributed by atoms with Crippen LogP contribution in [0.4, 0.5) is 5.69 Å². The SMILES string of the molecule is O=C(O)C1CC=CCC1C(=O)Nc1ccc(SCC(=O)n2c3c(c4ccccc42)CCCC3)cc1. The van der Waals surface area contributed by atoms with Crippen LogP contribution in [-0.2, 0) is 22.4 Å². The molecule has 0 bridgehead atoms. The third-order valence-corrected chi connectivity index (χ3v) is 8.00. The van der Waals surface area contributed by atoms with Crippen LogP contribution in [0.5, 0.6) is 0 Å². The Morgan fingerprint density at radius 2 is 1.66 bits per heavy atom. The van der Waals surface area contributed by atoms with Crippen molar-refractivity contribution in [3.05, 3.63) is 71.9 Å². The molecule has 7 heteroatoms. The molecule has 0 saturated heterocycles. The molecular weight excluding hydrogens is 460 g/mol. The number of rotatable bonds is 6. The van der Waals surface area contributed by atoms with Crippen LogP contribution in [-0.4, -0.2) is 33.2 Å². The van der Waals surface area contributed by atoms with Crippen molar-refractivity contribution < 1.29 is 19.5 Å². The van der Waals surface area contributed by atoms with Gasteiger partial charge in [-0.3, -0.25) is 19.0 Å². The maximum Gasteiger partial charge on any atom is 0.307 e. The lowest BCUT2D eigenvalue weighted by Gasteiger charge is -2.24. The highest BCUT2D eigenvalue weighted by Gasteiger charge is 2.34. The lowest BCUT2D eigenvalue weighted by Crippen LogP contribution is -2.34. The summed E-state index contributed by atoms with van der Waals surface area (Å²) in [6.07, 6.45) is 8.74. The number of aryl methyl sites for hydroxylation is 1. The van der Waals surface area contributed by atoms with E-state index >= 15 is 0 Å². The molecule has 2 unspecified atom stereocenters. The van der Waals surface area contributed by atoms with Crippen LogP contribution < -0.4 is 5.32 Å². The number of hydrogen-bond acceptors (Lipinski definition) is 4. The van der Waals surface area contributed by atoms with Gasteiger partial charge in [-0.2, -0.15) is 0 Å². The van der Waals surface area contributed by atoms with Crippen LogP contribution in [0.1, 0.15) is 41.7 Å². The number of hydrogen-bond donors (Lipinski definition) is 2. The highest BCUT2D eigenvalue weighted by molar-refractivity contribution is 8.00. The molecule has 2 atom stereocenters. The number of aliphatic carboxylic acids is 1. The molecule has 2 N–H and O–H groups in total. The van der Waals surface area contributed by atoms with Gasteiger partial charge >= 0.3 is 5.97 Å². The van der Waals surface area contributed by atoms with Crippen LogP contribution in [0.2, 0.25) is 0 Å². The van der Waals surface area contributed by atoms with Gasteiger partial charge in [0.25, 0.3) is 0 Å². The fraction of sp³-hybridized carbons (Fsp3) is 0.321. The first-order chi connectivity index (χ1) is 17.0. The molecule has 2 aromatic carbocycles. The first kappa shape index (κ1) is 23.4. The number of allylic oxidation sites excluding steroid dienone is 2. The lowest BCUT2D eigenvalue weighted by atomic mass is 9.82. The van der Waals surface area contributed by atoms with E-state index in [0.29, 0.717) is 24.3 Å². The van der Waals surface area contributed by atoms with E-state index in [1.807, 2.05) is 47.1 Å². The van der Waals surface area contributed by atoms with E-state index in [-0.39, 0.29) is 11.8 Å². The average Bonchev–Trinajstić information content (AvgIpc) is 3.22. The van der Waals surface area contributed by atoms with Gasteiger partial charge in [-0.1, -0.05) is 30.4 Å². The summed E-state index contributed by atoms with van der Waals surface area (Å²) in [6.45, 7) is 0. The van der Waals surface area contributed by atoms with Gasteiger partial charge < -0.3 is 10.4 Å². The molecule has 5 rings (SSSR count). The zero-order chi connectivity index (χ0) is 24.4. The molecule has 1 heterocycles. The molecule has 0 spiro atoms. The van der Waals surface area contributed by atoms with E-state index < -0.39 is 17.8 Å². The fourth-order valence-corrected chi connectivity index (χ4v) is 5.98. The quantitative estimate of drug-likeness (QED) is 0.350. The van der Waals surface area contributed by atoms with Crippen LogP contribution in [0.15, 0.2) is 65.6 Å². The summed E-state index contributed by atoms with van der Waals surface area (Å²) in [6, 6.07) is 15.5. The normalized spacial score (nSPS) is 19.3. The van der Waals surface area contributed by atoms with E-state index in [2.05, 4.69) is 11.4 Å². The van der Waals surface area contributed by atoms with Crippen LogP contribution in [0, 0.1) is 11.8 Å². The molecule has 0 fully saturated rings. The maximum absolute atomic E-state index is 13.3. The van der Waals surface area contributed by atoms with Gasteiger partial charge in [-0.15, -0.1) is 11.8 Å². The number of nitrogens with one attached hydrogen (secondary N) is 1. The number of carbonyl (C=O) groups is 3.